The van der Waals surface area contributed by atoms with E-state index in [4.69, 9.17) is 5.73 Å². The second-order valence-electron chi connectivity index (χ2n) is 5.07. The summed E-state index contributed by atoms with van der Waals surface area (Å²) in [5.74, 6) is -0.0930. The number of phenols is 1. The molecular formula is C15H24N2O2. The van der Waals surface area contributed by atoms with Crippen LogP contribution in [-0.4, -0.2) is 28.5 Å². The molecule has 0 heterocycles. The number of benzene rings is 1. The van der Waals surface area contributed by atoms with E-state index in [0.717, 1.165) is 25.8 Å². The Hall–Kier alpha value is -1.71. The van der Waals surface area contributed by atoms with E-state index >= 15 is 0 Å². The third-order valence-electron chi connectivity index (χ3n) is 3.16. The summed E-state index contributed by atoms with van der Waals surface area (Å²) in [5.41, 5.74) is 6.32. The van der Waals surface area contributed by atoms with Gasteiger partial charge in [0.25, 0.3) is 5.91 Å². The van der Waals surface area contributed by atoms with Gasteiger partial charge in [0.1, 0.15) is 5.75 Å². The summed E-state index contributed by atoms with van der Waals surface area (Å²) in [7, 11) is 0. The molecule has 0 aliphatic rings. The van der Waals surface area contributed by atoms with Crippen LogP contribution in [0.3, 0.4) is 0 Å². The summed E-state index contributed by atoms with van der Waals surface area (Å²) in [6, 6.07) is 4.80. The molecule has 0 spiro atoms. The van der Waals surface area contributed by atoms with Gasteiger partial charge in [-0.05, 0) is 38.5 Å². The largest absolute Gasteiger partial charge is 0.506 e. The lowest BCUT2D eigenvalue weighted by atomic mass is 10.1. The molecule has 0 unspecified atom stereocenters. The molecule has 19 heavy (non-hydrogen) atoms. The van der Waals surface area contributed by atoms with Gasteiger partial charge in [0.2, 0.25) is 0 Å². The Bertz CT molecular complexity index is 430. The van der Waals surface area contributed by atoms with Crippen molar-refractivity contribution in [2.75, 3.05) is 12.3 Å². The lowest BCUT2D eigenvalue weighted by molar-refractivity contribution is 0.0702. The summed E-state index contributed by atoms with van der Waals surface area (Å²) in [5, 5.41) is 9.59. The van der Waals surface area contributed by atoms with Gasteiger partial charge in [0.15, 0.2) is 0 Å². The molecule has 0 saturated heterocycles. The number of nitrogens with two attached hydrogens (primary N) is 1. The number of carbonyl (C=O) groups excluding carboxylic acids is 1. The molecule has 0 aromatic heterocycles. The average molecular weight is 264 g/mol. The number of rotatable bonds is 6. The number of anilines is 1. The number of aromatic hydroxyl groups is 1. The van der Waals surface area contributed by atoms with Crippen molar-refractivity contribution in [2.45, 2.75) is 46.1 Å². The quantitative estimate of drug-likeness (QED) is 0.471. The number of carbonyl (C=O) groups is 1. The fourth-order valence-electron chi connectivity index (χ4n) is 1.97. The third-order valence-corrected chi connectivity index (χ3v) is 3.16. The van der Waals surface area contributed by atoms with Gasteiger partial charge in [-0.25, -0.2) is 0 Å². The Morgan fingerprint density at radius 2 is 2.05 bits per heavy atom. The van der Waals surface area contributed by atoms with E-state index < -0.39 is 0 Å². The molecule has 1 aromatic carbocycles. The maximum atomic E-state index is 12.4. The number of unbranched alkanes of at least 4 members (excludes halogenated alkanes) is 2. The van der Waals surface area contributed by atoms with Crippen molar-refractivity contribution in [3.05, 3.63) is 23.8 Å². The van der Waals surface area contributed by atoms with Crippen molar-refractivity contribution in [3.63, 3.8) is 0 Å². The number of amides is 1. The standard InChI is InChI=1S/C15H24N2O2/c1-4-5-6-9-17(11(2)3)15(19)12-7-8-13(16)14(18)10-12/h7-8,10-11,18H,4-6,9,16H2,1-3H3. The van der Waals surface area contributed by atoms with Crippen molar-refractivity contribution in [1.29, 1.82) is 0 Å². The van der Waals surface area contributed by atoms with Crippen LogP contribution >= 0.6 is 0 Å². The minimum Gasteiger partial charge on any atom is -0.506 e. The van der Waals surface area contributed by atoms with Crippen LogP contribution in [0.2, 0.25) is 0 Å². The number of hydrogen-bond donors (Lipinski definition) is 2. The van der Waals surface area contributed by atoms with Crippen LogP contribution in [0.1, 0.15) is 50.4 Å². The second-order valence-corrected chi connectivity index (χ2v) is 5.07. The minimum absolute atomic E-state index is 0.0388. The fourth-order valence-corrected chi connectivity index (χ4v) is 1.97. The first-order valence-corrected chi connectivity index (χ1v) is 6.86. The normalized spacial score (nSPS) is 10.7. The summed E-state index contributed by atoms with van der Waals surface area (Å²) in [6.07, 6.45) is 3.24. The van der Waals surface area contributed by atoms with Crippen molar-refractivity contribution in [3.8, 4) is 5.75 Å². The van der Waals surface area contributed by atoms with E-state index in [-0.39, 0.29) is 17.7 Å². The Labute approximate surface area is 115 Å². The lowest BCUT2D eigenvalue weighted by Crippen LogP contribution is -2.37. The maximum absolute atomic E-state index is 12.4. The molecule has 0 saturated carbocycles. The highest BCUT2D eigenvalue weighted by Gasteiger charge is 2.18. The van der Waals surface area contributed by atoms with Gasteiger partial charge in [0, 0.05) is 18.2 Å². The zero-order valence-corrected chi connectivity index (χ0v) is 12.0. The zero-order chi connectivity index (χ0) is 14.4. The summed E-state index contributed by atoms with van der Waals surface area (Å²) in [4.78, 5) is 14.3. The first kappa shape index (κ1) is 15.3. The SMILES string of the molecule is CCCCCN(C(=O)c1ccc(N)c(O)c1)C(C)C. The number of nitrogen functional groups attached to an aromatic ring is 1. The van der Waals surface area contributed by atoms with Gasteiger partial charge >= 0.3 is 0 Å². The van der Waals surface area contributed by atoms with Crippen LogP contribution in [-0.2, 0) is 0 Å². The number of phenolic OH excluding ortho intramolecular Hbond substituents is 1. The topological polar surface area (TPSA) is 66.6 Å². The van der Waals surface area contributed by atoms with E-state index in [1.165, 1.54) is 6.07 Å². The molecular weight excluding hydrogens is 240 g/mol. The van der Waals surface area contributed by atoms with Crippen LogP contribution in [0.5, 0.6) is 5.75 Å². The summed E-state index contributed by atoms with van der Waals surface area (Å²) < 4.78 is 0. The van der Waals surface area contributed by atoms with Gasteiger partial charge < -0.3 is 15.7 Å². The van der Waals surface area contributed by atoms with E-state index in [1.807, 2.05) is 18.7 Å². The van der Waals surface area contributed by atoms with E-state index in [2.05, 4.69) is 6.92 Å². The smallest absolute Gasteiger partial charge is 0.254 e. The maximum Gasteiger partial charge on any atom is 0.254 e. The predicted molar refractivity (Wildman–Crippen MR) is 78.2 cm³/mol. The molecule has 0 atom stereocenters. The summed E-state index contributed by atoms with van der Waals surface area (Å²) >= 11 is 0. The zero-order valence-electron chi connectivity index (χ0n) is 12.0. The van der Waals surface area contributed by atoms with Gasteiger partial charge in [0.05, 0.1) is 5.69 Å². The molecule has 0 aliphatic heterocycles. The van der Waals surface area contributed by atoms with Crippen molar-refractivity contribution < 1.29 is 9.90 Å². The highest BCUT2D eigenvalue weighted by molar-refractivity contribution is 5.95. The van der Waals surface area contributed by atoms with E-state index in [0.29, 0.717) is 11.3 Å². The summed E-state index contributed by atoms with van der Waals surface area (Å²) in [6.45, 7) is 6.89. The molecule has 0 fully saturated rings. The fraction of sp³-hybridized carbons (Fsp3) is 0.533. The third kappa shape index (κ3) is 4.16. The highest BCUT2D eigenvalue weighted by atomic mass is 16.3. The molecule has 3 N–H and O–H groups in total. The van der Waals surface area contributed by atoms with Crippen molar-refractivity contribution in [1.82, 2.24) is 4.90 Å². The lowest BCUT2D eigenvalue weighted by Gasteiger charge is -2.27. The Kier molecular flexibility index (Phi) is 5.67. The predicted octanol–water partition coefficient (Wildman–Crippen LogP) is 3.02. The molecule has 106 valence electrons. The van der Waals surface area contributed by atoms with Gasteiger partial charge in [-0.1, -0.05) is 19.8 Å². The highest BCUT2D eigenvalue weighted by Crippen LogP contribution is 2.22. The van der Waals surface area contributed by atoms with Crippen LogP contribution in [0.4, 0.5) is 5.69 Å². The first-order chi connectivity index (χ1) is 8.97. The number of hydrogen-bond acceptors (Lipinski definition) is 3. The van der Waals surface area contributed by atoms with Gasteiger partial charge in [-0.3, -0.25) is 4.79 Å². The van der Waals surface area contributed by atoms with Gasteiger partial charge in [-0.15, -0.1) is 0 Å². The molecule has 1 amide bonds. The van der Waals surface area contributed by atoms with Crippen LogP contribution in [0.25, 0.3) is 0 Å². The van der Waals surface area contributed by atoms with Crippen LogP contribution in [0, 0.1) is 0 Å². The average Bonchev–Trinajstić information content (AvgIpc) is 2.37. The molecule has 1 rings (SSSR count). The molecule has 0 radical (unpaired) electrons. The molecule has 0 aliphatic carbocycles. The van der Waals surface area contributed by atoms with Crippen molar-refractivity contribution in [2.24, 2.45) is 0 Å². The monoisotopic (exact) mass is 264 g/mol. The van der Waals surface area contributed by atoms with Crippen LogP contribution in [0.15, 0.2) is 18.2 Å². The van der Waals surface area contributed by atoms with E-state index in [1.54, 1.807) is 12.1 Å². The molecule has 4 heteroatoms. The van der Waals surface area contributed by atoms with Crippen molar-refractivity contribution >= 4 is 11.6 Å². The molecule has 4 nitrogen and oxygen atoms in total. The van der Waals surface area contributed by atoms with Gasteiger partial charge in [-0.2, -0.15) is 0 Å². The van der Waals surface area contributed by atoms with E-state index in [9.17, 15) is 9.90 Å². The molecule has 1 aromatic rings. The Balaban J connectivity index is 2.83. The first-order valence-electron chi connectivity index (χ1n) is 6.86. The molecule has 0 bridgehead atoms. The second kappa shape index (κ2) is 7.02. The Morgan fingerprint density at radius 1 is 1.37 bits per heavy atom. The van der Waals surface area contributed by atoms with Crippen LogP contribution < -0.4 is 5.73 Å². The minimum atomic E-state index is -0.0543. The number of nitrogens with zero attached hydrogens (tertiary/aromatic N) is 1. The Morgan fingerprint density at radius 3 is 2.58 bits per heavy atom.